The Morgan fingerprint density at radius 2 is 1.00 bits per heavy atom. The van der Waals surface area contributed by atoms with E-state index in [4.69, 9.17) is 0 Å². The van der Waals surface area contributed by atoms with E-state index in [1.54, 1.807) is 0 Å². The van der Waals surface area contributed by atoms with Gasteiger partial charge < -0.3 is 0 Å². The van der Waals surface area contributed by atoms with Crippen LogP contribution in [-0.2, 0) is 0 Å². The van der Waals surface area contributed by atoms with Crippen molar-refractivity contribution in [3.8, 4) is 0 Å². The van der Waals surface area contributed by atoms with Crippen LogP contribution in [0.1, 0.15) is 67.7 Å². The van der Waals surface area contributed by atoms with E-state index in [0.717, 1.165) is 5.92 Å². The van der Waals surface area contributed by atoms with Crippen LogP contribution in [0, 0.1) is 5.92 Å². The van der Waals surface area contributed by atoms with Gasteiger partial charge in [0, 0.05) is 0 Å². The molecule has 0 bridgehead atoms. The second kappa shape index (κ2) is 16.5. The Labute approximate surface area is 74.4 Å². The molecule has 0 heteroatoms. The molecule has 0 atom stereocenters. The van der Waals surface area contributed by atoms with Gasteiger partial charge in [-0.3, -0.25) is 0 Å². The van der Waals surface area contributed by atoms with Gasteiger partial charge in [-0.05, 0) is 5.92 Å². The van der Waals surface area contributed by atoms with Crippen LogP contribution in [0.4, 0.5) is 0 Å². The minimum Gasteiger partial charge on any atom is -0.0776 e. The van der Waals surface area contributed by atoms with Gasteiger partial charge in [0.2, 0.25) is 0 Å². The molecule has 1 saturated carbocycles. The molecule has 0 spiro atoms. The predicted molar refractivity (Wildman–Crippen MR) is 57.1 cm³/mol. The second-order valence-corrected chi connectivity index (χ2v) is 3.10. The van der Waals surface area contributed by atoms with E-state index in [1.165, 1.54) is 25.7 Å². The first-order chi connectivity index (χ1) is 4.72. The summed E-state index contributed by atoms with van der Waals surface area (Å²) >= 11 is 0. The molecule has 0 heterocycles. The maximum Gasteiger partial charge on any atom is -0.0443 e. The molecule has 0 aromatic rings. The van der Waals surface area contributed by atoms with Crippen molar-refractivity contribution in [3.05, 3.63) is 0 Å². The van der Waals surface area contributed by atoms with Gasteiger partial charge in [-0.2, -0.15) is 0 Å². The fraction of sp³-hybridized carbons (Fsp3) is 1.00. The van der Waals surface area contributed by atoms with Crippen molar-refractivity contribution < 1.29 is 0 Å². The fourth-order valence-corrected chi connectivity index (χ4v) is 0.167. The molecule has 0 nitrogen and oxygen atoms in total. The molecule has 0 amide bonds. The van der Waals surface area contributed by atoms with Gasteiger partial charge in [-0.15, -0.1) is 0 Å². The van der Waals surface area contributed by atoms with E-state index in [2.05, 4.69) is 34.6 Å². The van der Waals surface area contributed by atoms with Gasteiger partial charge in [0.05, 0.1) is 0 Å². The van der Waals surface area contributed by atoms with E-state index in [0.29, 0.717) is 0 Å². The third-order valence-electron chi connectivity index (χ3n) is 0.866. The summed E-state index contributed by atoms with van der Waals surface area (Å²) in [6.07, 6.45) is 5.47. The summed E-state index contributed by atoms with van der Waals surface area (Å²) in [5, 5.41) is 0. The zero-order valence-electron chi connectivity index (χ0n) is 8.41. The molecule has 1 fully saturated rings. The van der Waals surface area contributed by atoms with E-state index >= 15 is 0 Å². The lowest BCUT2D eigenvalue weighted by molar-refractivity contribution is 0.983. The van der Waals surface area contributed by atoms with Crippen LogP contribution in [0.5, 0.6) is 0 Å². The standard InChI is InChI=1S/C4H8.2C3H8.CH4/c1-4-2-3-4;2*1-3-2;/h4H,2-3H2,1H3;2*3H2,1-2H3;1H4. The lowest BCUT2D eigenvalue weighted by atomic mass is 10.5. The van der Waals surface area contributed by atoms with Crippen molar-refractivity contribution >= 4 is 0 Å². The molecule has 1 rings (SSSR count). The number of rotatable bonds is 0. The molecular formula is C11H28. The van der Waals surface area contributed by atoms with E-state index < -0.39 is 0 Å². The lowest BCUT2D eigenvalue weighted by Gasteiger charge is -1.53. The van der Waals surface area contributed by atoms with Crippen molar-refractivity contribution in [3.63, 3.8) is 0 Å². The normalized spacial score (nSPS) is 12.8. The summed E-state index contributed by atoms with van der Waals surface area (Å²) in [6, 6.07) is 0. The maximum atomic E-state index is 2.28. The van der Waals surface area contributed by atoms with Crippen molar-refractivity contribution in [1.82, 2.24) is 0 Å². The Morgan fingerprint density at radius 1 is 0.909 bits per heavy atom. The molecule has 0 aromatic carbocycles. The summed E-state index contributed by atoms with van der Waals surface area (Å²) in [7, 11) is 0. The third kappa shape index (κ3) is 71.1. The van der Waals surface area contributed by atoms with Gasteiger partial charge in [-0.25, -0.2) is 0 Å². The van der Waals surface area contributed by atoms with Crippen molar-refractivity contribution in [2.24, 2.45) is 5.92 Å². The minimum absolute atomic E-state index is 0. The summed E-state index contributed by atoms with van der Waals surface area (Å²) in [4.78, 5) is 0. The molecule has 0 aromatic heterocycles. The highest BCUT2D eigenvalue weighted by Gasteiger charge is 2.12. The van der Waals surface area contributed by atoms with Crippen molar-refractivity contribution in [2.45, 2.75) is 67.7 Å². The van der Waals surface area contributed by atoms with Crippen LogP contribution in [0.25, 0.3) is 0 Å². The molecule has 0 saturated heterocycles. The Morgan fingerprint density at radius 3 is 1.00 bits per heavy atom. The zero-order valence-corrected chi connectivity index (χ0v) is 8.41. The number of hydrogen-bond acceptors (Lipinski definition) is 0. The summed E-state index contributed by atoms with van der Waals surface area (Å²) in [5.74, 6) is 1.08. The minimum atomic E-state index is 0. The molecule has 0 aliphatic heterocycles. The highest BCUT2D eigenvalue weighted by Crippen LogP contribution is 2.26. The van der Waals surface area contributed by atoms with E-state index in [1.807, 2.05) is 0 Å². The predicted octanol–water partition coefficient (Wildman–Crippen LogP) is 4.89. The smallest absolute Gasteiger partial charge is 0.0443 e. The number of hydrogen-bond donors (Lipinski definition) is 0. The van der Waals surface area contributed by atoms with Gasteiger partial charge in [0.1, 0.15) is 0 Å². The van der Waals surface area contributed by atoms with Crippen LogP contribution >= 0.6 is 0 Å². The zero-order chi connectivity index (χ0) is 8.41. The highest BCUT2D eigenvalue weighted by molar-refractivity contribution is 4.65. The maximum absolute atomic E-state index is 2.28. The molecule has 72 valence electrons. The van der Waals surface area contributed by atoms with Crippen LogP contribution in [0.2, 0.25) is 0 Å². The molecule has 0 unspecified atom stereocenters. The SMILES string of the molecule is C.CC1CC1.CCC.CCC. The monoisotopic (exact) mass is 160 g/mol. The van der Waals surface area contributed by atoms with Gasteiger partial charge in [0.25, 0.3) is 0 Å². The fourth-order valence-electron chi connectivity index (χ4n) is 0.167. The Kier molecular flexibility index (Phi) is 25.8. The van der Waals surface area contributed by atoms with Gasteiger partial charge in [-0.1, -0.05) is 67.7 Å². The van der Waals surface area contributed by atoms with E-state index in [-0.39, 0.29) is 7.43 Å². The Balaban J connectivity index is -0.0000000857. The van der Waals surface area contributed by atoms with Crippen molar-refractivity contribution in [2.75, 3.05) is 0 Å². The first kappa shape index (κ1) is 17.2. The first-order valence-electron chi connectivity index (χ1n) is 4.72. The van der Waals surface area contributed by atoms with Crippen LogP contribution in [0.15, 0.2) is 0 Å². The van der Waals surface area contributed by atoms with Gasteiger partial charge >= 0.3 is 0 Å². The van der Waals surface area contributed by atoms with Crippen LogP contribution in [0.3, 0.4) is 0 Å². The average molecular weight is 160 g/mol. The quantitative estimate of drug-likeness (QED) is 0.473. The summed E-state index contributed by atoms with van der Waals surface area (Å²) < 4.78 is 0. The Hall–Kier alpha value is 0. The first-order valence-corrected chi connectivity index (χ1v) is 4.72. The van der Waals surface area contributed by atoms with Crippen molar-refractivity contribution in [1.29, 1.82) is 0 Å². The molecule has 0 N–H and O–H groups in total. The summed E-state index contributed by atoms with van der Waals surface area (Å²) in [5.41, 5.74) is 0. The topological polar surface area (TPSA) is 0 Å². The Bertz CT molecular complexity index is 33.3. The highest BCUT2D eigenvalue weighted by atomic mass is 14.2. The van der Waals surface area contributed by atoms with Crippen LogP contribution < -0.4 is 0 Å². The van der Waals surface area contributed by atoms with E-state index in [9.17, 15) is 0 Å². The molecule has 1 aliphatic rings. The largest absolute Gasteiger partial charge is 0.0776 e. The lowest BCUT2D eigenvalue weighted by Crippen LogP contribution is -1.42. The molecule has 0 radical (unpaired) electrons. The van der Waals surface area contributed by atoms with Gasteiger partial charge in [0.15, 0.2) is 0 Å². The average Bonchev–Trinajstić information content (AvgIpc) is 2.55. The molecule has 1 aliphatic carbocycles. The third-order valence-corrected chi connectivity index (χ3v) is 0.866. The second-order valence-electron chi connectivity index (χ2n) is 3.10. The molecular weight excluding hydrogens is 132 g/mol. The molecule has 11 heavy (non-hydrogen) atoms. The summed E-state index contributed by atoms with van der Waals surface area (Å²) in [6.45, 7) is 10.8. The van der Waals surface area contributed by atoms with Crippen LogP contribution in [-0.4, -0.2) is 0 Å².